The Hall–Kier alpha value is 1.20. The molecule has 0 spiro atoms. The van der Waals surface area contributed by atoms with Crippen LogP contribution in [0.4, 0.5) is 13.2 Å². The Balaban J connectivity index is 3.60. The van der Waals surface area contributed by atoms with Crippen LogP contribution in [0.1, 0.15) is 0 Å². The molecule has 0 aliphatic heterocycles. The van der Waals surface area contributed by atoms with E-state index in [1.165, 1.54) is 22.6 Å². The van der Waals surface area contributed by atoms with Gasteiger partial charge in [-0.25, -0.2) is 13.2 Å². The SMILES string of the molecule is Fc1c(F)c(I)c(I)c(F)c1I. The van der Waals surface area contributed by atoms with Gasteiger partial charge in [0.2, 0.25) is 0 Å². The van der Waals surface area contributed by atoms with Crippen molar-refractivity contribution in [1.29, 1.82) is 0 Å². The van der Waals surface area contributed by atoms with Crippen molar-refractivity contribution in [2.75, 3.05) is 0 Å². The van der Waals surface area contributed by atoms with Crippen molar-refractivity contribution in [2.24, 2.45) is 0 Å². The van der Waals surface area contributed by atoms with E-state index in [1.54, 1.807) is 45.2 Å². The van der Waals surface area contributed by atoms with Crippen molar-refractivity contribution in [3.8, 4) is 0 Å². The van der Waals surface area contributed by atoms with E-state index in [9.17, 15) is 13.2 Å². The molecule has 1 rings (SSSR count). The smallest absolute Gasteiger partial charge is 0.176 e. The van der Waals surface area contributed by atoms with Gasteiger partial charge in [0.05, 0.1) is 10.7 Å². The first kappa shape index (κ1) is 11.3. The predicted octanol–water partition coefficient (Wildman–Crippen LogP) is 3.92. The minimum absolute atomic E-state index is 0.0105. The molecule has 0 amide bonds. The minimum Gasteiger partial charge on any atom is -0.205 e. The van der Waals surface area contributed by atoms with Crippen LogP contribution in [-0.4, -0.2) is 0 Å². The second-order valence-corrected chi connectivity index (χ2v) is 5.12. The highest BCUT2D eigenvalue weighted by Crippen LogP contribution is 2.28. The molecule has 1 aromatic rings. The summed E-state index contributed by atoms with van der Waals surface area (Å²) in [5.74, 6) is -2.79. The van der Waals surface area contributed by atoms with Crippen molar-refractivity contribution in [2.45, 2.75) is 0 Å². The third-order valence-corrected chi connectivity index (χ3v) is 5.16. The standard InChI is InChI=1S/C6F3I3/c7-1-2(8)5(11)6(12)3(9)4(1)10. The lowest BCUT2D eigenvalue weighted by atomic mass is 10.3. The lowest BCUT2D eigenvalue weighted by Crippen LogP contribution is -2.01. The van der Waals surface area contributed by atoms with Gasteiger partial charge in [0.25, 0.3) is 0 Å². The van der Waals surface area contributed by atoms with Crippen LogP contribution in [0.2, 0.25) is 0 Å². The van der Waals surface area contributed by atoms with E-state index in [0.717, 1.165) is 0 Å². The Kier molecular flexibility index (Phi) is 3.90. The third kappa shape index (κ3) is 1.83. The second-order valence-electron chi connectivity index (χ2n) is 1.88. The van der Waals surface area contributed by atoms with Gasteiger partial charge in [-0.15, -0.1) is 0 Å². The van der Waals surface area contributed by atoms with Gasteiger partial charge >= 0.3 is 0 Å². The van der Waals surface area contributed by atoms with E-state index in [1.807, 2.05) is 0 Å². The van der Waals surface area contributed by atoms with Crippen LogP contribution in [0.5, 0.6) is 0 Å². The molecule has 0 atom stereocenters. The van der Waals surface area contributed by atoms with E-state index in [2.05, 4.69) is 0 Å². The van der Waals surface area contributed by atoms with E-state index in [4.69, 9.17) is 0 Å². The third-order valence-electron chi connectivity index (χ3n) is 1.16. The summed E-state index contributed by atoms with van der Waals surface area (Å²) in [7, 11) is 0. The van der Waals surface area contributed by atoms with Gasteiger partial charge in [-0.2, -0.15) is 0 Å². The Morgan fingerprint density at radius 1 is 0.583 bits per heavy atom. The molecule has 0 N–H and O–H groups in total. The molecule has 0 fully saturated rings. The maximum absolute atomic E-state index is 13.0. The van der Waals surface area contributed by atoms with Gasteiger partial charge in [-0.05, 0) is 67.8 Å². The van der Waals surface area contributed by atoms with Crippen molar-refractivity contribution >= 4 is 67.8 Å². The molecular weight excluding hydrogens is 510 g/mol. The maximum atomic E-state index is 13.0. The molecule has 0 unspecified atom stereocenters. The summed E-state index contributed by atoms with van der Waals surface area (Å²) in [6.45, 7) is 0. The molecule has 0 aromatic heterocycles. The van der Waals surface area contributed by atoms with Crippen molar-refractivity contribution in [3.63, 3.8) is 0 Å². The average molecular weight is 510 g/mol. The van der Waals surface area contributed by atoms with Crippen molar-refractivity contribution < 1.29 is 13.2 Å². The number of rotatable bonds is 0. The Morgan fingerprint density at radius 2 is 0.917 bits per heavy atom. The summed E-state index contributed by atoms with van der Waals surface area (Å²) in [5, 5.41) is 0. The van der Waals surface area contributed by atoms with Gasteiger partial charge < -0.3 is 0 Å². The monoisotopic (exact) mass is 510 g/mol. The number of hydrogen-bond acceptors (Lipinski definition) is 0. The molecule has 0 saturated carbocycles. The van der Waals surface area contributed by atoms with Gasteiger partial charge in [0.15, 0.2) is 17.5 Å². The van der Waals surface area contributed by atoms with Crippen LogP contribution in [0.3, 0.4) is 0 Å². The van der Waals surface area contributed by atoms with Crippen molar-refractivity contribution in [1.82, 2.24) is 0 Å². The summed E-state index contributed by atoms with van der Waals surface area (Å²) in [6, 6.07) is 0. The Bertz CT molecular complexity index is 232. The molecule has 0 bridgehead atoms. The molecule has 6 heteroatoms. The number of halogens is 6. The van der Waals surface area contributed by atoms with E-state index >= 15 is 0 Å². The zero-order valence-electron chi connectivity index (χ0n) is 5.27. The molecule has 1 aromatic carbocycles. The maximum Gasteiger partial charge on any atom is 0.176 e. The molecule has 0 aliphatic carbocycles. The summed E-state index contributed by atoms with van der Waals surface area (Å²) in [6.07, 6.45) is 0. The highest BCUT2D eigenvalue weighted by atomic mass is 127. The zero-order valence-corrected chi connectivity index (χ0v) is 11.7. The van der Waals surface area contributed by atoms with Crippen LogP contribution < -0.4 is 0 Å². The predicted molar refractivity (Wildman–Crippen MR) is 64.5 cm³/mol. The highest BCUT2D eigenvalue weighted by Gasteiger charge is 2.20. The molecule has 12 heavy (non-hydrogen) atoms. The molecule has 66 valence electrons. The molecule has 0 heterocycles. The summed E-state index contributed by atoms with van der Waals surface area (Å²) < 4.78 is 38.5. The van der Waals surface area contributed by atoms with E-state index in [-0.39, 0.29) is 10.7 Å². The van der Waals surface area contributed by atoms with Crippen molar-refractivity contribution in [3.05, 3.63) is 28.2 Å². The van der Waals surface area contributed by atoms with Gasteiger partial charge in [0, 0.05) is 0 Å². The first-order valence-electron chi connectivity index (χ1n) is 2.63. The molecule has 0 nitrogen and oxygen atoms in total. The normalized spacial score (nSPS) is 10.5. The topological polar surface area (TPSA) is 0 Å². The quantitative estimate of drug-likeness (QED) is 0.283. The van der Waals surface area contributed by atoms with E-state index in [0.29, 0.717) is 0 Å². The second kappa shape index (κ2) is 4.15. The first-order chi connectivity index (χ1) is 5.46. The highest BCUT2D eigenvalue weighted by molar-refractivity contribution is 14.1. The molecule has 0 aliphatic rings. The van der Waals surface area contributed by atoms with Gasteiger partial charge in [0.1, 0.15) is 0 Å². The molecular formula is C6F3I3. The fourth-order valence-corrected chi connectivity index (χ4v) is 2.58. The zero-order chi connectivity index (χ0) is 9.46. The fourth-order valence-electron chi connectivity index (χ4n) is 0.578. The van der Waals surface area contributed by atoms with Gasteiger partial charge in [-0.1, -0.05) is 0 Å². The van der Waals surface area contributed by atoms with Crippen LogP contribution in [0.25, 0.3) is 0 Å². The largest absolute Gasteiger partial charge is 0.205 e. The van der Waals surface area contributed by atoms with Gasteiger partial charge in [-0.3, -0.25) is 0 Å². The Morgan fingerprint density at radius 3 is 1.42 bits per heavy atom. The summed E-state index contributed by atoms with van der Waals surface area (Å²) in [4.78, 5) is 0. The molecule has 0 saturated heterocycles. The lowest BCUT2D eigenvalue weighted by molar-refractivity contribution is 0.479. The van der Waals surface area contributed by atoms with Crippen LogP contribution >= 0.6 is 67.8 Å². The lowest BCUT2D eigenvalue weighted by Gasteiger charge is -2.03. The van der Waals surface area contributed by atoms with Crippen LogP contribution in [-0.2, 0) is 0 Å². The fraction of sp³-hybridized carbons (Fsp3) is 0. The van der Waals surface area contributed by atoms with Crippen LogP contribution in [0.15, 0.2) is 0 Å². The first-order valence-corrected chi connectivity index (χ1v) is 5.87. The summed E-state index contributed by atoms with van der Waals surface area (Å²) in [5.41, 5.74) is 0. The van der Waals surface area contributed by atoms with Crippen LogP contribution in [0, 0.1) is 28.2 Å². The Labute approximate surface area is 108 Å². The molecule has 0 radical (unpaired) electrons. The minimum atomic E-state index is -1.11. The number of hydrogen-bond donors (Lipinski definition) is 0. The summed E-state index contributed by atoms with van der Waals surface area (Å²) >= 11 is 4.65. The average Bonchev–Trinajstić information content (AvgIpc) is 2.08. The van der Waals surface area contributed by atoms with E-state index < -0.39 is 17.5 Å². The number of benzene rings is 1.